The van der Waals surface area contributed by atoms with Crippen molar-refractivity contribution >= 4 is 25.9 Å². The monoisotopic (exact) mass is 373 g/mol. The maximum Gasteiger partial charge on any atom is 0.211 e. The predicted octanol–water partition coefficient (Wildman–Crippen LogP) is 7.00. The van der Waals surface area contributed by atoms with Crippen molar-refractivity contribution in [2.24, 2.45) is 0 Å². The van der Waals surface area contributed by atoms with Crippen LogP contribution >= 0.6 is 11.8 Å². The molecule has 24 heavy (non-hydrogen) atoms. The summed E-state index contributed by atoms with van der Waals surface area (Å²) in [4.78, 5) is 11.8. The molecule has 0 unspecified atom stereocenters. The summed E-state index contributed by atoms with van der Waals surface area (Å²) >= 11 is 1.54. The summed E-state index contributed by atoms with van der Waals surface area (Å²) in [5, 5.41) is 0.392. The van der Waals surface area contributed by atoms with Gasteiger partial charge in [0.05, 0.1) is 0 Å². The van der Waals surface area contributed by atoms with Crippen molar-refractivity contribution in [1.82, 2.24) is 0 Å². The maximum absolute atomic E-state index is 11.8. The Kier molecular flexibility index (Phi) is 19.7. The van der Waals surface area contributed by atoms with E-state index in [0.29, 0.717) is 5.12 Å². The highest BCUT2D eigenvalue weighted by Crippen LogP contribution is 2.15. The lowest BCUT2D eigenvalue weighted by Gasteiger charge is -2.14. The highest BCUT2D eigenvalue weighted by molar-refractivity contribution is 8.13. The van der Waals surface area contributed by atoms with Crippen LogP contribution in [0.5, 0.6) is 0 Å². The normalized spacial score (nSPS) is 11.3. The number of carbonyl (C=O) groups is 1. The zero-order valence-corrected chi connectivity index (χ0v) is 18.4. The van der Waals surface area contributed by atoms with Gasteiger partial charge in [0, 0.05) is 18.8 Å². The van der Waals surface area contributed by atoms with E-state index in [4.69, 9.17) is 4.43 Å². The molecule has 0 saturated heterocycles. The maximum atomic E-state index is 11.8. The standard InChI is InChI=1S/C20H41O2SSi/c1-4-7-10-11-12-15-20(21)23-17-14-13-16-22-24(18-8-5-2)19-9-6-3/h4-19H2,1-3H3. The van der Waals surface area contributed by atoms with Gasteiger partial charge >= 0.3 is 0 Å². The lowest BCUT2D eigenvalue weighted by molar-refractivity contribution is -0.111. The van der Waals surface area contributed by atoms with E-state index in [2.05, 4.69) is 20.8 Å². The van der Waals surface area contributed by atoms with Crippen LogP contribution < -0.4 is 0 Å². The molecule has 0 aromatic rings. The van der Waals surface area contributed by atoms with Crippen molar-refractivity contribution in [3.63, 3.8) is 0 Å². The van der Waals surface area contributed by atoms with Gasteiger partial charge in [-0.25, -0.2) is 0 Å². The quantitative estimate of drug-likeness (QED) is 0.191. The van der Waals surface area contributed by atoms with Gasteiger partial charge < -0.3 is 4.43 Å². The van der Waals surface area contributed by atoms with Gasteiger partial charge in [-0.15, -0.1) is 0 Å². The van der Waals surface area contributed by atoms with Crippen LogP contribution in [0.3, 0.4) is 0 Å². The smallest absolute Gasteiger partial charge is 0.211 e. The molecular weight excluding hydrogens is 332 g/mol. The molecule has 0 fully saturated rings. The van der Waals surface area contributed by atoms with E-state index in [1.165, 1.54) is 63.5 Å². The Labute approximate surface area is 157 Å². The molecule has 0 aromatic heterocycles. The lowest BCUT2D eigenvalue weighted by atomic mass is 10.1. The highest BCUT2D eigenvalue weighted by Gasteiger charge is 2.11. The summed E-state index contributed by atoms with van der Waals surface area (Å²) in [5.74, 6) is 0.975. The summed E-state index contributed by atoms with van der Waals surface area (Å²) in [6, 6.07) is 2.62. The van der Waals surface area contributed by atoms with Crippen LogP contribution in [0.25, 0.3) is 0 Å². The third-order valence-electron chi connectivity index (χ3n) is 4.21. The molecule has 0 aliphatic heterocycles. The van der Waals surface area contributed by atoms with E-state index >= 15 is 0 Å². The first-order valence-corrected chi connectivity index (χ1v) is 13.2. The van der Waals surface area contributed by atoms with Crippen LogP contribution in [0, 0.1) is 0 Å². The second-order valence-electron chi connectivity index (χ2n) is 6.69. The first-order chi connectivity index (χ1) is 11.7. The fraction of sp³-hybridized carbons (Fsp3) is 0.950. The van der Waals surface area contributed by atoms with E-state index in [-0.39, 0.29) is 0 Å². The minimum Gasteiger partial charge on any atom is -0.417 e. The Morgan fingerprint density at radius 1 is 0.792 bits per heavy atom. The molecule has 0 N–H and O–H groups in total. The minimum atomic E-state index is -0.566. The van der Waals surface area contributed by atoms with Crippen molar-refractivity contribution in [3.05, 3.63) is 0 Å². The van der Waals surface area contributed by atoms with Crippen LogP contribution in [0.4, 0.5) is 0 Å². The summed E-state index contributed by atoms with van der Waals surface area (Å²) < 4.78 is 6.16. The average molecular weight is 374 g/mol. The molecule has 0 rings (SSSR count). The SMILES string of the molecule is CCCCCCCC(=O)SCCCCO[Si](CCCC)CCCC. The molecule has 0 aliphatic carbocycles. The van der Waals surface area contributed by atoms with Crippen LogP contribution in [0.15, 0.2) is 0 Å². The lowest BCUT2D eigenvalue weighted by Crippen LogP contribution is -2.18. The summed E-state index contributed by atoms with van der Waals surface area (Å²) in [6.07, 6.45) is 14.3. The molecule has 0 heterocycles. The molecule has 0 bridgehead atoms. The summed E-state index contributed by atoms with van der Waals surface area (Å²) in [5.41, 5.74) is 0. The van der Waals surface area contributed by atoms with Crippen molar-refractivity contribution in [2.45, 2.75) is 110 Å². The van der Waals surface area contributed by atoms with Crippen LogP contribution in [-0.2, 0) is 9.22 Å². The molecule has 0 spiro atoms. The topological polar surface area (TPSA) is 26.3 Å². The number of thioether (sulfide) groups is 1. The number of hydrogen-bond acceptors (Lipinski definition) is 3. The number of unbranched alkanes of at least 4 members (excludes halogenated alkanes) is 7. The molecule has 4 heteroatoms. The van der Waals surface area contributed by atoms with Gasteiger partial charge in [0.25, 0.3) is 0 Å². The highest BCUT2D eigenvalue weighted by atomic mass is 32.2. The van der Waals surface area contributed by atoms with Crippen LogP contribution in [0.1, 0.15) is 97.8 Å². The van der Waals surface area contributed by atoms with Crippen molar-refractivity contribution in [3.8, 4) is 0 Å². The van der Waals surface area contributed by atoms with Gasteiger partial charge in [-0.3, -0.25) is 4.79 Å². The molecule has 0 aliphatic rings. The third kappa shape index (κ3) is 17.0. The van der Waals surface area contributed by atoms with Crippen LogP contribution in [-0.4, -0.2) is 26.5 Å². The zero-order chi connectivity index (χ0) is 17.9. The third-order valence-corrected chi connectivity index (χ3v) is 7.66. The molecule has 2 nitrogen and oxygen atoms in total. The Hall–Kier alpha value is 0.197. The predicted molar refractivity (Wildman–Crippen MR) is 111 cm³/mol. The second kappa shape index (κ2) is 19.5. The Morgan fingerprint density at radius 2 is 1.42 bits per heavy atom. The minimum absolute atomic E-state index is 0.392. The van der Waals surface area contributed by atoms with Crippen molar-refractivity contribution < 1.29 is 9.22 Å². The molecule has 0 aromatic carbocycles. The first kappa shape index (κ1) is 24.2. The van der Waals surface area contributed by atoms with E-state index < -0.39 is 9.04 Å². The fourth-order valence-corrected chi connectivity index (χ4v) is 5.90. The Balaban J connectivity index is 3.50. The average Bonchev–Trinajstić information content (AvgIpc) is 2.59. The van der Waals surface area contributed by atoms with Gasteiger partial charge in [0.15, 0.2) is 5.12 Å². The van der Waals surface area contributed by atoms with Crippen molar-refractivity contribution in [1.29, 1.82) is 0 Å². The fourth-order valence-electron chi connectivity index (χ4n) is 2.57. The van der Waals surface area contributed by atoms with E-state index in [0.717, 1.165) is 38.0 Å². The van der Waals surface area contributed by atoms with Gasteiger partial charge in [-0.2, -0.15) is 0 Å². The van der Waals surface area contributed by atoms with Gasteiger partial charge in [-0.05, 0) is 31.4 Å². The molecule has 0 saturated carbocycles. The molecule has 143 valence electrons. The second-order valence-corrected chi connectivity index (χ2v) is 10.2. The molecule has 0 amide bonds. The number of hydrogen-bond donors (Lipinski definition) is 0. The zero-order valence-electron chi connectivity index (χ0n) is 16.5. The molecule has 0 atom stereocenters. The molecule has 1 radical (unpaired) electrons. The number of rotatable bonds is 18. The summed E-state index contributed by atoms with van der Waals surface area (Å²) in [6.45, 7) is 7.66. The van der Waals surface area contributed by atoms with E-state index in [1.807, 2.05) is 0 Å². The Bertz CT molecular complexity index is 266. The summed E-state index contributed by atoms with van der Waals surface area (Å²) in [7, 11) is -0.566. The number of carbonyl (C=O) groups excluding carboxylic acids is 1. The van der Waals surface area contributed by atoms with Gasteiger partial charge in [-0.1, -0.05) is 83.9 Å². The van der Waals surface area contributed by atoms with E-state index in [1.54, 1.807) is 11.8 Å². The van der Waals surface area contributed by atoms with E-state index in [9.17, 15) is 4.79 Å². The van der Waals surface area contributed by atoms with Crippen LogP contribution in [0.2, 0.25) is 12.1 Å². The molecular formula is C20H41O2SSi. The largest absolute Gasteiger partial charge is 0.417 e. The van der Waals surface area contributed by atoms with Gasteiger partial charge in [0.2, 0.25) is 9.04 Å². The van der Waals surface area contributed by atoms with Crippen molar-refractivity contribution in [2.75, 3.05) is 12.4 Å². The first-order valence-electron chi connectivity index (χ1n) is 10.4. The van der Waals surface area contributed by atoms with Gasteiger partial charge in [0.1, 0.15) is 0 Å². The Morgan fingerprint density at radius 3 is 2.04 bits per heavy atom.